The van der Waals surface area contributed by atoms with E-state index in [9.17, 15) is 23.1 Å². The quantitative estimate of drug-likeness (QED) is 0.518. The van der Waals surface area contributed by atoms with Gasteiger partial charge < -0.3 is 9.84 Å². The molecule has 5 rings (SSSR count). The highest BCUT2D eigenvalue weighted by Gasteiger charge is 2.69. The molecular weight excluding hydrogens is 453 g/mol. The molecule has 2 aromatic rings. The Labute approximate surface area is 195 Å². The molecule has 3 nitrogen and oxygen atoms in total. The van der Waals surface area contributed by atoms with E-state index in [1.807, 2.05) is 26.8 Å². The van der Waals surface area contributed by atoms with Crippen LogP contribution in [0.25, 0.3) is 16.7 Å². The average Bonchev–Trinajstić information content (AvgIpc) is 3.30. The van der Waals surface area contributed by atoms with Gasteiger partial charge in [-0.15, -0.1) is 0 Å². The van der Waals surface area contributed by atoms with E-state index < -0.39 is 34.8 Å². The fourth-order valence-electron chi connectivity index (χ4n) is 6.08. The Kier molecular flexibility index (Phi) is 4.83. The van der Waals surface area contributed by atoms with Gasteiger partial charge in [-0.3, -0.25) is 4.79 Å². The van der Waals surface area contributed by atoms with E-state index >= 15 is 0 Å². The van der Waals surface area contributed by atoms with Gasteiger partial charge in [-0.2, -0.15) is 13.2 Å². The summed E-state index contributed by atoms with van der Waals surface area (Å²) >= 11 is 5.79. The number of allylic oxidation sites excluding steroid dienone is 1. The van der Waals surface area contributed by atoms with Crippen LogP contribution >= 0.6 is 11.6 Å². The van der Waals surface area contributed by atoms with Crippen LogP contribution in [0, 0.1) is 11.8 Å². The average molecular weight is 477 g/mol. The second-order valence-electron chi connectivity index (χ2n) is 9.73. The number of aryl methyl sites for hydroxylation is 1. The van der Waals surface area contributed by atoms with E-state index in [1.54, 1.807) is 12.1 Å². The normalized spacial score (nSPS) is 30.9. The molecule has 7 heteroatoms. The number of hydrogen-bond acceptors (Lipinski definition) is 3. The summed E-state index contributed by atoms with van der Waals surface area (Å²) in [5.41, 5.74) is 0.429. The number of ketones is 1. The number of hydrogen-bond donors (Lipinski definition) is 1. The van der Waals surface area contributed by atoms with Crippen molar-refractivity contribution in [1.82, 2.24) is 0 Å². The van der Waals surface area contributed by atoms with Crippen molar-refractivity contribution in [2.75, 3.05) is 0 Å². The van der Waals surface area contributed by atoms with Gasteiger partial charge in [0.2, 0.25) is 0 Å². The maximum atomic E-state index is 13.6. The minimum atomic E-state index is -4.58. The molecule has 3 aliphatic rings. The molecule has 0 amide bonds. The first-order valence-electron chi connectivity index (χ1n) is 11.1. The van der Waals surface area contributed by atoms with Crippen LogP contribution in [-0.4, -0.2) is 22.1 Å². The number of aliphatic hydroxyl groups excluding tert-OH is 1. The first-order valence-corrected chi connectivity index (χ1v) is 11.5. The summed E-state index contributed by atoms with van der Waals surface area (Å²) in [7, 11) is 0. The van der Waals surface area contributed by atoms with E-state index in [0.717, 1.165) is 24.5 Å². The third kappa shape index (κ3) is 3.17. The predicted octanol–water partition coefficient (Wildman–Crippen LogP) is 7.01. The predicted molar refractivity (Wildman–Crippen MR) is 120 cm³/mol. The number of alkyl halides is 3. The van der Waals surface area contributed by atoms with Gasteiger partial charge in [-0.25, -0.2) is 0 Å². The lowest BCUT2D eigenvalue weighted by Gasteiger charge is -2.30. The van der Waals surface area contributed by atoms with Crippen molar-refractivity contribution in [2.24, 2.45) is 11.8 Å². The highest BCUT2D eigenvalue weighted by Crippen LogP contribution is 2.63. The molecule has 2 aliphatic heterocycles. The van der Waals surface area contributed by atoms with E-state index in [2.05, 4.69) is 0 Å². The molecule has 0 radical (unpaired) electrons. The maximum Gasteiger partial charge on any atom is 0.417 e. The molecule has 1 N–H and O–H groups in total. The van der Waals surface area contributed by atoms with E-state index in [4.69, 9.17) is 16.3 Å². The number of aliphatic hydroxyl groups is 1. The second kappa shape index (κ2) is 7.09. The zero-order valence-corrected chi connectivity index (χ0v) is 19.3. The summed E-state index contributed by atoms with van der Waals surface area (Å²) < 4.78 is 46.4. The van der Waals surface area contributed by atoms with Crippen molar-refractivity contribution in [2.45, 2.75) is 57.4 Å². The summed E-state index contributed by atoms with van der Waals surface area (Å²) in [4.78, 5) is 13.6. The van der Waals surface area contributed by atoms with Crippen molar-refractivity contribution in [3.8, 4) is 11.1 Å². The van der Waals surface area contributed by atoms with E-state index in [1.165, 1.54) is 12.1 Å². The monoisotopic (exact) mass is 476 g/mol. The largest absolute Gasteiger partial charge is 0.511 e. The van der Waals surface area contributed by atoms with Crippen molar-refractivity contribution in [1.29, 1.82) is 0 Å². The Morgan fingerprint density at radius 1 is 1.06 bits per heavy atom. The topological polar surface area (TPSA) is 46.5 Å². The van der Waals surface area contributed by atoms with Crippen molar-refractivity contribution in [3.05, 3.63) is 63.9 Å². The van der Waals surface area contributed by atoms with E-state index in [0.29, 0.717) is 23.1 Å². The highest BCUT2D eigenvalue weighted by atomic mass is 35.5. The number of carbonyl (C=O) groups is 1. The minimum Gasteiger partial charge on any atom is -0.511 e. The summed E-state index contributed by atoms with van der Waals surface area (Å²) in [5, 5.41) is 10.9. The Balaban J connectivity index is 1.65. The summed E-state index contributed by atoms with van der Waals surface area (Å²) in [6, 6.07) is 9.02. The molecule has 2 fully saturated rings. The molecular formula is C26H24ClF3O3. The van der Waals surface area contributed by atoms with Crippen LogP contribution in [0.2, 0.25) is 5.02 Å². The lowest BCUT2D eigenvalue weighted by Crippen LogP contribution is -2.39. The molecule has 0 spiro atoms. The second-order valence-corrected chi connectivity index (χ2v) is 10.1. The number of fused-ring (bicyclic) bond motifs is 5. The van der Waals surface area contributed by atoms with Crippen molar-refractivity contribution >= 4 is 23.0 Å². The fraction of sp³-hybridized carbons (Fsp3) is 0.423. The molecule has 2 saturated heterocycles. The van der Waals surface area contributed by atoms with Crippen molar-refractivity contribution < 1.29 is 27.8 Å². The number of ether oxygens (including phenoxy) is 1. The Bertz CT molecular complexity index is 1220. The first-order chi connectivity index (χ1) is 15.4. The summed E-state index contributed by atoms with van der Waals surface area (Å²) in [5.74, 6) is -0.969. The van der Waals surface area contributed by atoms with Crippen LogP contribution in [0.4, 0.5) is 13.2 Å². The number of carbonyl (C=O) groups excluding carboxylic acids is 1. The van der Waals surface area contributed by atoms with Gasteiger partial charge in [-0.1, -0.05) is 36.7 Å². The van der Waals surface area contributed by atoms with Gasteiger partial charge in [0.15, 0.2) is 5.78 Å². The SMILES string of the molecule is CCc1ccc(-c2ccc(Cl)c(C(F)(F)F)c2)cc1C1=C(O)[C@H]2[C@@H](C1=O)C1(C)CCC2(C)O1. The van der Waals surface area contributed by atoms with Crippen LogP contribution in [0.5, 0.6) is 0 Å². The van der Waals surface area contributed by atoms with Crippen LogP contribution in [0.1, 0.15) is 50.3 Å². The molecule has 33 heavy (non-hydrogen) atoms. The molecule has 2 heterocycles. The third-order valence-electron chi connectivity index (χ3n) is 7.68. The van der Waals surface area contributed by atoms with Crippen LogP contribution in [-0.2, 0) is 22.1 Å². The molecule has 1 aliphatic carbocycles. The molecule has 2 aromatic carbocycles. The van der Waals surface area contributed by atoms with Crippen LogP contribution in [0.15, 0.2) is 42.2 Å². The van der Waals surface area contributed by atoms with Gasteiger partial charge in [0.1, 0.15) is 5.76 Å². The first kappa shape index (κ1) is 22.5. The maximum absolute atomic E-state index is 13.6. The molecule has 0 saturated carbocycles. The number of halogens is 4. The smallest absolute Gasteiger partial charge is 0.417 e. The molecule has 174 valence electrons. The molecule has 2 bridgehead atoms. The Morgan fingerprint density at radius 2 is 1.67 bits per heavy atom. The zero-order chi connectivity index (χ0) is 23.9. The lowest BCUT2D eigenvalue weighted by atomic mass is 9.68. The van der Waals surface area contributed by atoms with Gasteiger partial charge >= 0.3 is 6.18 Å². The Hall–Kier alpha value is -2.31. The fourth-order valence-corrected chi connectivity index (χ4v) is 6.30. The Morgan fingerprint density at radius 3 is 2.27 bits per heavy atom. The molecule has 2 unspecified atom stereocenters. The highest BCUT2D eigenvalue weighted by molar-refractivity contribution is 6.31. The van der Waals surface area contributed by atoms with E-state index in [-0.39, 0.29) is 22.1 Å². The molecule has 0 aromatic heterocycles. The number of rotatable bonds is 3. The van der Waals surface area contributed by atoms with Gasteiger partial charge in [-0.05, 0) is 73.6 Å². The third-order valence-corrected chi connectivity index (χ3v) is 8.01. The number of Topliss-reactive ketones (excluding diaryl/α,β-unsaturated/α-hetero) is 1. The van der Waals surface area contributed by atoms with Crippen LogP contribution < -0.4 is 0 Å². The lowest BCUT2D eigenvalue weighted by molar-refractivity contribution is -0.137. The summed E-state index contributed by atoms with van der Waals surface area (Å²) in [6.07, 6.45) is -2.46. The van der Waals surface area contributed by atoms with Crippen molar-refractivity contribution in [3.63, 3.8) is 0 Å². The molecule has 4 atom stereocenters. The van der Waals surface area contributed by atoms with Gasteiger partial charge in [0, 0.05) is 0 Å². The van der Waals surface area contributed by atoms with Gasteiger partial charge in [0.05, 0.1) is 39.2 Å². The zero-order valence-electron chi connectivity index (χ0n) is 18.5. The number of benzene rings is 2. The van der Waals surface area contributed by atoms with Gasteiger partial charge in [0.25, 0.3) is 0 Å². The standard InChI is InChI=1S/C26H24ClF3O3/c1-4-13-5-6-14(15-7-8-18(27)17(12-15)26(28,29)30)11-16(13)19-22(31)20-21(23(19)32)25(3)10-9-24(20,2)33-25/h5-8,11-12,20-21,31H,4,9-10H2,1-3H3/t20-,21+,24?,25?/m1/s1. The van der Waals surface area contributed by atoms with Crippen LogP contribution in [0.3, 0.4) is 0 Å². The minimum absolute atomic E-state index is 0.0369. The summed E-state index contributed by atoms with van der Waals surface area (Å²) in [6.45, 7) is 5.81.